The summed E-state index contributed by atoms with van der Waals surface area (Å²) in [5, 5.41) is 0. The molecule has 80 valence electrons. The standard InChI is InChI=1S/C11H20N2O/c1-2-3-4-5-6-9-14-11-13-8-7-12-10-13/h7-8,10H,2-6,9,11H2,1H3/p+1. The number of nitrogens with one attached hydrogen (secondary N) is 1. The Morgan fingerprint density at radius 3 is 2.79 bits per heavy atom. The summed E-state index contributed by atoms with van der Waals surface area (Å²) < 4.78 is 7.49. The molecule has 0 bridgehead atoms. The van der Waals surface area contributed by atoms with Gasteiger partial charge in [-0.05, 0) is 6.42 Å². The third kappa shape index (κ3) is 5.02. The van der Waals surface area contributed by atoms with Gasteiger partial charge in [0.15, 0.2) is 6.73 Å². The van der Waals surface area contributed by atoms with E-state index in [2.05, 4.69) is 11.9 Å². The van der Waals surface area contributed by atoms with Crippen LogP contribution in [0, 0.1) is 0 Å². The maximum Gasteiger partial charge on any atom is 0.243 e. The molecule has 0 atom stereocenters. The van der Waals surface area contributed by atoms with Crippen LogP contribution in [0.15, 0.2) is 18.7 Å². The molecule has 0 amide bonds. The Hall–Kier alpha value is -0.830. The van der Waals surface area contributed by atoms with Crippen molar-refractivity contribution in [3.63, 3.8) is 0 Å². The largest absolute Gasteiger partial charge is 0.342 e. The number of imidazole rings is 1. The molecule has 0 unspecified atom stereocenters. The molecule has 0 aliphatic rings. The maximum atomic E-state index is 5.50. The monoisotopic (exact) mass is 197 g/mol. The summed E-state index contributed by atoms with van der Waals surface area (Å²) in [4.78, 5) is 2.98. The number of hydrogen-bond donors (Lipinski definition) is 1. The van der Waals surface area contributed by atoms with E-state index in [4.69, 9.17) is 4.74 Å². The van der Waals surface area contributed by atoms with Crippen LogP contribution < -0.4 is 4.57 Å². The number of ether oxygens (including phenoxy) is 1. The van der Waals surface area contributed by atoms with Gasteiger partial charge >= 0.3 is 0 Å². The number of H-pyrrole nitrogens is 1. The molecular weight excluding hydrogens is 176 g/mol. The van der Waals surface area contributed by atoms with E-state index in [1.807, 2.05) is 23.3 Å². The van der Waals surface area contributed by atoms with E-state index in [1.165, 1.54) is 32.1 Å². The molecule has 0 saturated carbocycles. The lowest BCUT2D eigenvalue weighted by Gasteiger charge is -2.01. The van der Waals surface area contributed by atoms with E-state index in [-0.39, 0.29) is 0 Å². The summed E-state index contributed by atoms with van der Waals surface area (Å²) in [6, 6.07) is 0. The Morgan fingerprint density at radius 1 is 1.21 bits per heavy atom. The molecule has 3 nitrogen and oxygen atoms in total. The molecule has 0 spiro atoms. The Kier molecular flexibility index (Phi) is 6.07. The molecule has 3 heteroatoms. The van der Waals surface area contributed by atoms with Gasteiger partial charge in [-0.25, -0.2) is 4.57 Å². The van der Waals surface area contributed by atoms with Crippen molar-refractivity contribution < 1.29 is 9.30 Å². The predicted octanol–water partition coefficient (Wildman–Crippen LogP) is 2.25. The molecule has 0 aliphatic heterocycles. The summed E-state index contributed by atoms with van der Waals surface area (Å²) in [5.41, 5.74) is 0. The predicted molar refractivity (Wildman–Crippen MR) is 55.7 cm³/mol. The number of aromatic nitrogens is 2. The molecule has 1 rings (SSSR count). The van der Waals surface area contributed by atoms with E-state index >= 15 is 0 Å². The summed E-state index contributed by atoms with van der Waals surface area (Å²) in [5.74, 6) is 0. The first kappa shape index (κ1) is 11.2. The molecule has 1 N–H and O–H groups in total. The van der Waals surface area contributed by atoms with Gasteiger partial charge in [0.2, 0.25) is 6.33 Å². The molecule has 0 radical (unpaired) electrons. The number of aromatic amines is 1. The third-order valence-electron chi connectivity index (χ3n) is 2.24. The van der Waals surface area contributed by atoms with Gasteiger partial charge < -0.3 is 4.74 Å². The Bertz CT molecular complexity index is 209. The van der Waals surface area contributed by atoms with Crippen LogP contribution in [0.1, 0.15) is 39.0 Å². The van der Waals surface area contributed by atoms with Crippen LogP contribution in [-0.4, -0.2) is 11.6 Å². The third-order valence-corrected chi connectivity index (χ3v) is 2.24. The van der Waals surface area contributed by atoms with Crippen LogP contribution in [0.25, 0.3) is 0 Å². The second kappa shape index (κ2) is 7.56. The lowest BCUT2D eigenvalue weighted by atomic mass is 10.2. The summed E-state index contributed by atoms with van der Waals surface area (Å²) >= 11 is 0. The van der Waals surface area contributed by atoms with Gasteiger partial charge in [0.1, 0.15) is 12.4 Å². The summed E-state index contributed by atoms with van der Waals surface area (Å²) in [7, 11) is 0. The number of hydrogen-bond acceptors (Lipinski definition) is 1. The van der Waals surface area contributed by atoms with Crippen LogP contribution >= 0.6 is 0 Å². The lowest BCUT2D eigenvalue weighted by Crippen LogP contribution is -2.32. The van der Waals surface area contributed by atoms with Crippen LogP contribution in [0.2, 0.25) is 0 Å². The Labute approximate surface area is 86.1 Å². The van der Waals surface area contributed by atoms with E-state index in [1.54, 1.807) is 0 Å². The van der Waals surface area contributed by atoms with Gasteiger partial charge in [0, 0.05) is 0 Å². The van der Waals surface area contributed by atoms with Crippen LogP contribution in [-0.2, 0) is 11.5 Å². The fourth-order valence-corrected chi connectivity index (χ4v) is 1.38. The first-order valence-corrected chi connectivity index (χ1v) is 5.53. The van der Waals surface area contributed by atoms with Crippen LogP contribution in [0.4, 0.5) is 0 Å². The highest BCUT2D eigenvalue weighted by atomic mass is 16.5. The van der Waals surface area contributed by atoms with E-state index in [0.29, 0.717) is 6.73 Å². The minimum absolute atomic E-state index is 0.664. The van der Waals surface area contributed by atoms with Crippen molar-refractivity contribution in [1.29, 1.82) is 0 Å². The Morgan fingerprint density at radius 2 is 2.07 bits per heavy atom. The molecule has 0 fully saturated rings. The van der Waals surface area contributed by atoms with Gasteiger partial charge in [-0.15, -0.1) is 0 Å². The number of rotatable bonds is 8. The second-order valence-electron chi connectivity index (χ2n) is 3.58. The highest BCUT2D eigenvalue weighted by molar-refractivity contribution is 4.54. The highest BCUT2D eigenvalue weighted by Crippen LogP contribution is 2.01. The van der Waals surface area contributed by atoms with Crippen molar-refractivity contribution >= 4 is 0 Å². The number of nitrogens with zero attached hydrogens (tertiary/aromatic N) is 1. The molecule has 0 saturated heterocycles. The van der Waals surface area contributed by atoms with Crippen molar-refractivity contribution in [3.8, 4) is 0 Å². The second-order valence-corrected chi connectivity index (χ2v) is 3.58. The molecule has 1 aromatic rings. The number of unbranched alkanes of at least 4 members (excludes halogenated alkanes) is 4. The zero-order valence-electron chi connectivity index (χ0n) is 9.04. The van der Waals surface area contributed by atoms with Gasteiger partial charge in [-0.1, -0.05) is 32.6 Å². The minimum atomic E-state index is 0.664. The van der Waals surface area contributed by atoms with Crippen molar-refractivity contribution in [2.45, 2.75) is 45.8 Å². The molecule has 0 aromatic carbocycles. The van der Waals surface area contributed by atoms with Crippen LogP contribution in [0.3, 0.4) is 0 Å². The zero-order valence-corrected chi connectivity index (χ0v) is 9.04. The smallest absolute Gasteiger partial charge is 0.243 e. The summed E-state index contributed by atoms with van der Waals surface area (Å²) in [6.07, 6.45) is 12.2. The van der Waals surface area contributed by atoms with Crippen molar-refractivity contribution in [2.75, 3.05) is 6.61 Å². The van der Waals surface area contributed by atoms with Gasteiger partial charge in [0.05, 0.1) is 6.61 Å². The summed E-state index contributed by atoms with van der Waals surface area (Å²) in [6.45, 7) is 3.78. The normalized spacial score (nSPS) is 10.6. The minimum Gasteiger partial charge on any atom is -0.342 e. The van der Waals surface area contributed by atoms with E-state index in [0.717, 1.165) is 6.61 Å². The maximum absolute atomic E-state index is 5.50. The Balaban J connectivity index is 1.85. The van der Waals surface area contributed by atoms with Gasteiger partial charge in [-0.3, -0.25) is 4.98 Å². The van der Waals surface area contributed by atoms with E-state index in [9.17, 15) is 0 Å². The first-order valence-electron chi connectivity index (χ1n) is 5.53. The van der Waals surface area contributed by atoms with Gasteiger partial charge in [-0.2, -0.15) is 0 Å². The first-order chi connectivity index (χ1) is 6.93. The van der Waals surface area contributed by atoms with Crippen molar-refractivity contribution in [3.05, 3.63) is 18.7 Å². The van der Waals surface area contributed by atoms with Crippen molar-refractivity contribution in [1.82, 2.24) is 4.98 Å². The average Bonchev–Trinajstić information content (AvgIpc) is 2.69. The van der Waals surface area contributed by atoms with Crippen molar-refractivity contribution in [2.24, 2.45) is 0 Å². The zero-order chi connectivity index (χ0) is 10.1. The fraction of sp³-hybridized carbons (Fsp3) is 0.727. The quantitative estimate of drug-likeness (QED) is 0.502. The SMILES string of the molecule is CCCCCCCOC[n+]1cc[nH]c1. The molecule has 14 heavy (non-hydrogen) atoms. The average molecular weight is 197 g/mol. The van der Waals surface area contributed by atoms with Gasteiger partial charge in [0.25, 0.3) is 0 Å². The molecule has 1 heterocycles. The highest BCUT2D eigenvalue weighted by Gasteiger charge is 1.95. The molecule has 1 aromatic heterocycles. The molecular formula is C11H21N2O+. The lowest BCUT2D eigenvalue weighted by molar-refractivity contribution is -0.731. The topological polar surface area (TPSA) is 28.9 Å². The van der Waals surface area contributed by atoms with Crippen LogP contribution in [0.5, 0.6) is 0 Å². The van der Waals surface area contributed by atoms with E-state index < -0.39 is 0 Å². The molecule has 0 aliphatic carbocycles. The fourth-order valence-electron chi connectivity index (χ4n) is 1.38.